The molecule has 1 aliphatic rings. The Hall–Kier alpha value is -2.62. The predicted octanol–water partition coefficient (Wildman–Crippen LogP) is 4.74. The predicted molar refractivity (Wildman–Crippen MR) is 127 cm³/mol. The standard InChI is InChI=1S/C25H32N2O3Si/c1-24(2,3)22(30-31(6)7)13-17-10-11-27(23(28)14-17)20-15-25(4,5)29-21-9-8-18(16-26)12-19(20)21/h8-12,14-15,22,31H,13H2,1-7H3. The molecule has 0 spiro atoms. The quantitative estimate of drug-likeness (QED) is 0.635. The molecule has 2 heterocycles. The van der Waals surface area contributed by atoms with Gasteiger partial charge in [-0.25, -0.2) is 0 Å². The number of rotatable bonds is 5. The highest BCUT2D eigenvalue weighted by Crippen LogP contribution is 2.37. The normalized spacial score (nSPS) is 16.2. The van der Waals surface area contributed by atoms with Gasteiger partial charge in [-0.15, -0.1) is 0 Å². The molecule has 0 bridgehead atoms. The molecule has 1 aromatic carbocycles. The number of hydrogen-bond donors (Lipinski definition) is 0. The largest absolute Gasteiger partial charge is 0.483 e. The van der Waals surface area contributed by atoms with E-state index in [9.17, 15) is 10.1 Å². The molecule has 6 heteroatoms. The Bertz CT molecular complexity index is 1100. The maximum Gasteiger partial charge on any atom is 0.255 e. The van der Waals surface area contributed by atoms with Crippen molar-refractivity contribution in [2.75, 3.05) is 0 Å². The van der Waals surface area contributed by atoms with Gasteiger partial charge in [-0.3, -0.25) is 9.36 Å². The van der Waals surface area contributed by atoms with E-state index in [1.54, 1.807) is 28.8 Å². The van der Waals surface area contributed by atoms with Crippen LogP contribution in [0.4, 0.5) is 0 Å². The molecule has 0 radical (unpaired) electrons. The van der Waals surface area contributed by atoms with E-state index in [1.807, 2.05) is 32.2 Å². The number of pyridine rings is 1. The fraction of sp³-hybridized carbons (Fsp3) is 0.440. The average molecular weight is 437 g/mol. The molecule has 0 amide bonds. The van der Waals surface area contributed by atoms with Gasteiger partial charge in [0.05, 0.1) is 23.4 Å². The first kappa shape index (κ1) is 23.0. The second-order valence-electron chi connectivity index (χ2n) is 10.0. The molecule has 0 saturated heterocycles. The van der Waals surface area contributed by atoms with Crippen LogP contribution in [-0.4, -0.2) is 25.3 Å². The number of ether oxygens (including phenoxy) is 1. The van der Waals surface area contributed by atoms with Crippen molar-refractivity contribution >= 4 is 14.7 Å². The Kier molecular flexibility index (Phi) is 6.31. The van der Waals surface area contributed by atoms with E-state index in [0.717, 1.165) is 16.8 Å². The maximum atomic E-state index is 13.2. The zero-order valence-corrected chi connectivity index (χ0v) is 20.7. The zero-order chi connectivity index (χ0) is 23.0. The van der Waals surface area contributed by atoms with Crippen molar-refractivity contribution in [3.05, 3.63) is 69.6 Å². The number of aromatic nitrogens is 1. The lowest BCUT2D eigenvalue weighted by molar-refractivity contribution is 0.0867. The first-order valence-electron chi connectivity index (χ1n) is 10.7. The minimum atomic E-state index is -1.21. The van der Waals surface area contributed by atoms with Crippen molar-refractivity contribution in [2.24, 2.45) is 5.41 Å². The molecule has 164 valence electrons. The molecule has 1 aliphatic heterocycles. The summed E-state index contributed by atoms with van der Waals surface area (Å²) in [6, 6.07) is 11.1. The highest BCUT2D eigenvalue weighted by Gasteiger charge is 2.29. The fourth-order valence-corrected chi connectivity index (χ4v) is 4.92. The number of fused-ring (bicyclic) bond motifs is 1. The van der Waals surface area contributed by atoms with Crippen LogP contribution in [0.25, 0.3) is 5.70 Å². The number of nitriles is 1. The summed E-state index contributed by atoms with van der Waals surface area (Å²) in [5.41, 5.74) is 2.29. The molecule has 31 heavy (non-hydrogen) atoms. The highest BCUT2D eigenvalue weighted by molar-refractivity contribution is 6.48. The number of hydrogen-bond acceptors (Lipinski definition) is 4. The van der Waals surface area contributed by atoms with E-state index < -0.39 is 14.6 Å². The van der Waals surface area contributed by atoms with E-state index in [4.69, 9.17) is 9.16 Å². The van der Waals surface area contributed by atoms with E-state index in [0.29, 0.717) is 17.7 Å². The molecule has 1 aromatic heterocycles. The van der Waals surface area contributed by atoms with Crippen molar-refractivity contribution in [3.63, 3.8) is 0 Å². The highest BCUT2D eigenvalue weighted by atomic mass is 28.3. The third kappa shape index (κ3) is 5.36. The second kappa shape index (κ2) is 8.49. The van der Waals surface area contributed by atoms with Crippen LogP contribution in [0, 0.1) is 16.7 Å². The van der Waals surface area contributed by atoms with Crippen LogP contribution in [-0.2, 0) is 10.8 Å². The average Bonchev–Trinajstić information content (AvgIpc) is 2.65. The minimum absolute atomic E-state index is 0.00791. The van der Waals surface area contributed by atoms with Crippen molar-refractivity contribution in [3.8, 4) is 11.8 Å². The first-order valence-corrected chi connectivity index (χ1v) is 13.5. The molecular weight excluding hydrogens is 404 g/mol. The molecule has 0 N–H and O–H groups in total. The summed E-state index contributed by atoms with van der Waals surface area (Å²) in [5.74, 6) is 0.667. The smallest absolute Gasteiger partial charge is 0.255 e. The maximum absolute atomic E-state index is 13.2. The van der Waals surface area contributed by atoms with Gasteiger partial charge in [-0.05, 0) is 74.7 Å². The molecule has 0 fully saturated rings. The summed E-state index contributed by atoms with van der Waals surface area (Å²) < 4.78 is 14.0. The van der Waals surface area contributed by atoms with Crippen LogP contribution in [0.5, 0.6) is 5.75 Å². The summed E-state index contributed by atoms with van der Waals surface area (Å²) in [7, 11) is -1.21. The molecule has 2 aromatic rings. The number of nitrogens with zero attached hydrogens (tertiary/aromatic N) is 2. The van der Waals surface area contributed by atoms with Gasteiger partial charge in [0.15, 0.2) is 9.04 Å². The van der Waals surface area contributed by atoms with Gasteiger partial charge in [0.25, 0.3) is 5.56 Å². The summed E-state index contributed by atoms with van der Waals surface area (Å²) >= 11 is 0. The Morgan fingerprint density at radius 2 is 1.94 bits per heavy atom. The lowest BCUT2D eigenvalue weighted by atomic mass is 9.85. The topological polar surface area (TPSA) is 64.2 Å². The fourth-order valence-electron chi connectivity index (χ4n) is 3.75. The van der Waals surface area contributed by atoms with Crippen LogP contribution >= 0.6 is 0 Å². The van der Waals surface area contributed by atoms with Crippen molar-refractivity contribution in [1.29, 1.82) is 5.26 Å². The van der Waals surface area contributed by atoms with E-state index >= 15 is 0 Å². The monoisotopic (exact) mass is 436 g/mol. The van der Waals surface area contributed by atoms with Crippen LogP contribution in [0.1, 0.15) is 51.3 Å². The minimum Gasteiger partial charge on any atom is -0.483 e. The Labute approximate surface area is 186 Å². The molecule has 1 atom stereocenters. The van der Waals surface area contributed by atoms with Gasteiger partial charge >= 0.3 is 0 Å². The summed E-state index contributed by atoms with van der Waals surface area (Å²) in [6.07, 6.45) is 4.52. The number of benzene rings is 1. The van der Waals surface area contributed by atoms with E-state index in [2.05, 4.69) is 39.9 Å². The SMILES string of the molecule is C[SiH](C)OC(Cc1ccn(C2=CC(C)(C)Oc3ccc(C#N)cc32)c(=O)c1)C(C)(C)C. The summed E-state index contributed by atoms with van der Waals surface area (Å²) in [4.78, 5) is 13.2. The first-order chi connectivity index (χ1) is 14.4. The zero-order valence-electron chi connectivity index (χ0n) is 19.5. The molecular formula is C25H32N2O3Si. The van der Waals surface area contributed by atoms with Gasteiger partial charge in [0.1, 0.15) is 11.4 Å². The molecule has 0 saturated carbocycles. The molecule has 3 rings (SSSR count). The van der Waals surface area contributed by atoms with Crippen LogP contribution in [0.15, 0.2) is 47.4 Å². The van der Waals surface area contributed by atoms with Gasteiger partial charge < -0.3 is 9.16 Å². The van der Waals surface area contributed by atoms with E-state index in [-0.39, 0.29) is 17.1 Å². The second-order valence-corrected chi connectivity index (χ2v) is 12.4. The Balaban J connectivity index is 2.01. The summed E-state index contributed by atoms with van der Waals surface area (Å²) in [6.45, 7) is 14.8. The van der Waals surface area contributed by atoms with Crippen LogP contribution in [0.3, 0.4) is 0 Å². The van der Waals surface area contributed by atoms with Gasteiger partial charge in [-0.1, -0.05) is 20.8 Å². The Morgan fingerprint density at radius 1 is 1.23 bits per heavy atom. The van der Waals surface area contributed by atoms with Gasteiger partial charge in [0.2, 0.25) is 0 Å². The van der Waals surface area contributed by atoms with Crippen molar-refractivity contribution < 1.29 is 9.16 Å². The molecule has 1 unspecified atom stereocenters. The Morgan fingerprint density at radius 3 is 2.52 bits per heavy atom. The van der Waals surface area contributed by atoms with E-state index in [1.165, 1.54) is 0 Å². The third-order valence-electron chi connectivity index (χ3n) is 5.31. The summed E-state index contributed by atoms with van der Waals surface area (Å²) in [5, 5.41) is 9.31. The van der Waals surface area contributed by atoms with Gasteiger partial charge in [-0.2, -0.15) is 5.26 Å². The molecule has 0 aliphatic carbocycles. The van der Waals surface area contributed by atoms with Gasteiger partial charge in [0, 0.05) is 17.8 Å². The van der Waals surface area contributed by atoms with Crippen molar-refractivity contribution in [2.45, 2.75) is 65.8 Å². The lowest BCUT2D eigenvalue weighted by Crippen LogP contribution is -2.35. The van der Waals surface area contributed by atoms with Crippen molar-refractivity contribution in [1.82, 2.24) is 4.57 Å². The van der Waals surface area contributed by atoms with Crippen LogP contribution in [0.2, 0.25) is 13.1 Å². The van der Waals surface area contributed by atoms with Crippen LogP contribution < -0.4 is 10.3 Å². The third-order valence-corrected chi connectivity index (χ3v) is 6.18. The molecule has 5 nitrogen and oxygen atoms in total. The lowest BCUT2D eigenvalue weighted by Gasteiger charge is -2.33.